The molecule has 0 radical (unpaired) electrons. The molecule has 1 aromatic rings. The molecule has 0 bridgehead atoms. The fraction of sp³-hybridized carbons (Fsp3) is 0.462. The molecule has 1 aromatic carbocycles. The molecule has 0 heterocycles. The minimum Gasteiger partial charge on any atom is -0.481 e. The van der Waals surface area contributed by atoms with Gasteiger partial charge in [0.15, 0.2) is 0 Å². The Morgan fingerprint density at radius 1 is 1.33 bits per heavy atom. The van der Waals surface area contributed by atoms with Crippen molar-refractivity contribution in [3.05, 3.63) is 34.4 Å². The highest BCUT2D eigenvalue weighted by Gasteiger charge is 2.05. The molecule has 0 aliphatic rings. The molecule has 1 N–H and O–H groups in total. The summed E-state index contributed by atoms with van der Waals surface area (Å²) in [6.07, 6.45) is 1.85. The van der Waals surface area contributed by atoms with Gasteiger partial charge in [-0.15, -0.1) is 0 Å². The summed E-state index contributed by atoms with van der Waals surface area (Å²) in [5, 5.41) is 8.66. The van der Waals surface area contributed by atoms with Crippen molar-refractivity contribution in [3.63, 3.8) is 0 Å². The minimum atomic E-state index is -0.728. The van der Waals surface area contributed by atoms with Gasteiger partial charge >= 0.3 is 5.97 Å². The van der Waals surface area contributed by atoms with Crippen LogP contribution in [0.3, 0.4) is 0 Å². The fourth-order valence-corrected chi connectivity index (χ4v) is 1.72. The van der Waals surface area contributed by atoms with Crippen LogP contribution in [0.25, 0.3) is 0 Å². The number of carbonyl (C=O) groups is 1. The van der Waals surface area contributed by atoms with Gasteiger partial charge in [0.2, 0.25) is 0 Å². The van der Waals surface area contributed by atoms with E-state index in [-0.39, 0.29) is 6.42 Å². The first-order valence-corrected chi connectivity index (χ1v) is 5.35. The van der Waals surface area contributed by atoms with Crippen LogP contribution in [-0.4, -0.2) is 11.1 Å². The standard InChI is InChI=1S/C13H18O2/c1-4-11-7-9(2)10(3)12(8-11)5-6-13(14)15/h7-8H,4-6H2,1-3H3,(H,14,15). The summed E-state index contributed by atoms with van der Waals surface area (Å²) in [5.74, 6) is -0.728. The molecule has 2 heteroatoms. The molecule has 2 nitrogen and oxygen atoms in total. The fourth-order valence-electron chi connectivity index (χ4n) is 1.72. The zero-order chi connectivity index (χ0) is 11.4. The molecule has 0 atom stereocenters. The Labute approximate surface area is 90.9 Å². The maximum atomic E-state index is 10.5. The summed E-state index contributed by atoms with van der Waals surface area (Å²) in [5.41, 5.74) is 4.95. The normalized spacial score (nSPS) is 10.3. The van der Waals surface area contributed by atoms with Crippen LogP contribution in [0, 0.1) is 13.8 Å². The molecule has 0 saturated heterocycles. The van der Waals surface area contributed by atoms with E-state index in [4.69, 9.17) is 5.11 Å². The van der Waals surface area contributed by atoms with Crippen LogP contribution in [-0.2, 0) is 17.6 Å². The maximum Gasteiger partial charge on any atom is 0.303 e. The molecule has 0 aromatic heterocycles. The molecule has 0 amide bonds. The second kappa shape index (κ2) is 4.96. The number of hydrogen-bond donors (Lipinski definition) is 1. The quantitative estimate of drug-likeness (QED) is 0.822. The molecule has 15 heavy (non-hydrogen) atoms. The highest BCUT2D eigenvalue weighted by Crippen LogP contribution is 2.18. The zero-order valence-corrected chi connectivity index (χ0v) is 9.63. The second-order valence-corrected chi connectivity index (χ2v) is 3.94. The average molecular weight is 206 g/mol. The van der Waals surface area contributed by atoms with Gasteiger partial charge in [0.05, 0.1) is 0 Å². The van der Waals surface area contributed by atoms with E-state index in [0.717, 1.165) is 6.42 Å². The monoisotopic (exact) mass is 206 g/mol. The van der Waals surface area contributed by atoms with Crippen molar-refractivity contribution < 1.29 is 9.90 Å². The van der Waals surface area contributed by atoms with Gasteiger partial charge in [-0.3, -0.25) is 4.79 Å². The second-order valence-electron chi connectivity index (χ2n) is 3.94. The van der Waals surface area contributed by atoms with Crippen LogP contribution >= 0.6 is 0 Å². The van der Waals surface area contributed by atoms with Crippen molar-refractivity contribution in [2.24, 2.45) is 0 Å². The molecule has 1 rings (SSSR count). The van der Waals surface area contributed by atoms with Crippen LogP contribution in [0.5, 0.6) is 0 Å². The number of hydrogen-bond acceptors (Lipinski definition) is 1. The zero-order valence-electron chi connectivity index (χ0n) is 9.63. The Balaban J connectivity index is 2.94. The summed E-state index contributed by atoms with van der Waals surface area (Å²) in [4.78, 5) is 10.5. The molecule has 0 unspecified atom stereocenters. The highest BCUT2D eigenvalue weighted by atomic mass is 16.4. The first kappa shape index (κ1) is 11.8. The van der Waals surface area contributed by atoms with Crippen LogP contribution in [0.15, 0.2) is 12.1 Å². The Hall–Kier alpha value is -1.31. The van der Waals surface area contributed by atoms with Gasteiger partial charge in [-0.25, -0.2) is 0 Å². The van der Waals surface area contributed by atoms with Crippen molar-refractivity contribution in [3.8, 4) is 0 Å². The van der Waals surface area contributed by atoms with Gasteiger partial charge in [0, 0.05) is 6.42 Å². The molecule has 0 aliphatic heterocycles. The third-order valence-corrected chi connectivity index (χ3v) is 2.85. The predicted octanol–water partition coefficient (Wildman–Crippen LogP) is 2.88. The largest absolute Gasteiger partial charge is 0.481 e. The van der Waals surface area contributed by atoms with E-state index in [9.17, 15) is 4.79 Å². The summed E-state index contributed by atoms with van der Waals surface area (Å²) >= 11 is 0. The van der Waals surface area contributed by atoms with E-state index in [1.807, 2.05) is 0 Å². The smallest absolute Gasteiger partial charge is 0.303 e. The van der Waals surface area contributed by atoms with Crippen molar-refractivity contribution in [2.75, 3.05) is 0 Å². The van der Waals surface area contributed by atoms with Gasteiger partial charge in [0.25, 0.3) is 0 Å². The molecular weight excluding hydrogens is 188 g/mol. The Kier molecular flexibility index (Phi) is 3.89. The molecular formula is C13H18O2. The number of benzene rings is 1. The van der Waals surface area contributed by atoms with E-state index in [1.54, 1.807) is 0 Å². The first-order valence-electron chi connectivity index (χ1n) is 5.35. The van der Waals surface area contributed by atoms with E-state index in [2.05, 4.69) is 32.9 Å². The lowest BCUT2D eigenvalue weighted by Gasteiger charge is -2.10. The maximum absolute atomic E-state index is 10.5. The molecule has 82 valence electrons. The van der Waals surface area contributed by atoms with Crippen LogP contribution in [0.2, 0.25) is 0 Å². The lowest BCUT2D eigenvalue weighted by molar-refractivity contribution is -0.136. The summed E-state index contributed by atoms with van der Waals surface area (Å²) in [6.45, 7) is 6.26. The van der Waals surface area contributed by atoms with Gasteiger partial charge in [-0.05, 0) is 48.9 Å². The van der Waals surface area contributed by atoms with Gasteiger partial charge in [-0.1, -0.05) is 19.1 Å². The molecule has 0 fully saturated rings. The van der Waals surface area contributed by atoms with Crippen molar-refractivity contribution in [2.45, 2.75) is 40.0 Å². The van der Waals surface area contributed by atoms with E-state index in [0.29, 0.717) is 6.42 Å². The number of carboxylic acid groups (broad SMARTS) is 1. The third kappa shape index (κ3) is 3.08. The van der Waals surface area contributed by atoms with Gasteiger partial charge in [0.1, 0.15) is 0 Å². The summed E-state index contributed by atoms with van der Waals surface area (Å²) < 4.78 is 0. The number of carboxylic acids is 1. The van der Waals surface area contributed by atoms with Gasteiger partial charge < -0.3 is 5.11 Å². The Morgan fingerprint density at radius 2 is 2.00 bits per heavy atom. The van der Waals surface area contributed by atoms with Crippen LogP contribution < -0.4 is 0 Å². The lowest BCUT2D eigenvalue weighted by atomic mass is 9.95. The molecule has 0 spiro atoms. The topological polar surface area (TPSA) is 37.3 Å². The number of rotatable bonds is 4. The number of aryl methyl sites for hydroxylation is 3. The highest BCUT2D eigenvalue weighted by molar-refractivity contribution is 5.67. The third-order valence-electron chi connectivity index (χ3n) is 2.85. The van der Waals surface area contributed by atoms with Crippen LogP contribution in [0.4, 0.5) is 0 Å². The Bertz CT molecular complexity index is 367. The van der Waals surface area contributed by atoms with Crippen molar-refractivity contribution in [1.29, 1.82) is 0 Å². The lowest BCUT2D eigenvalue weighted by Crippen LogP contribution is -2.01. The summed E-state index contributed by atoms with van der Waals surface area (Å²) in [6, 6.07) is 4.31. The molecule has 0 saturated carbocycles. The van der Waals surface area contributed by atoms with Crippen molar-refractivity contribution >= 4 is 5.97 Å². The van der Waals surface area contributed by atoms with Crippen LogP contribution in [0.1, 0.15) is 35.6 Å². The van der Waals surface area contributed by atoms with Crippen molar-refractivity contribution in [1.82, 2.24) is 0 Å². The molecule has 0 aliphatic carbocycles. The Morgan fingerprint density at radius 3 is 2.53 bits per heavy atom. The first-order chi connectivity index (χ1) is 7.04. The van der Waals surface area contributed by atoms with E-state index in [1.165, 1.54) is 22.3 Å². The average Bonchev–Trinajstić information content (AvgIpc) is 2.19. The minimum absolute atomic E-state index is 0.216. The SMILES string of the molecule is CCc1cc(C)c(C)c(CCC(=O)O)c1. The number of aliphatic carboxylic acids is 1. The predicted molar refractivity (Wildman–Crippen MR) is 61.3 cm³/mol. The van der Waals surface area contributed by atoms with E-state index >= 15 is 0 Å². The van der Waals surface area contributed by atoms with E-state index < -0.39 is 5.97 Å². The van der Waals surface area contributed by atoms with Gasteiger partial charge in [-0.2, -0.15) is 0 Å². The summed E-state index contributed by atoms with van der Waals surface area (Å²) in [7, 11) is 0.